The summed E-state index contributed by atoms with van der Waals surface area (Å²) in [6.07, 6.45) is 14.5. The fourth-order valence-electron chi connectivity index (χ4n) is 4.50. The molecule has 0 aromatic heterocycles. The van der Waals surface area contributed by atoms with Crippen molar-refractivity contribution in [2.75, 3.05) is 0 Å². The lowest BCUT2D eigenvalue weighted by molar-refractivity contribution is 0.294. The van der Waals surface area contributed by atoms with Gasteiger partial charge in [0, 0.05) is 11.6 Å². The van der Waals surface area contributed by atoms with Gasteiger partial charge in [-0.1, -0.05) is 108 Å². The van der Waals surface area contributed by atoms with Gasteiger partial charge in [-0.15, -0.1) is 0 Å². The number of nitrogens with zero attached hydrogens (tertiary/aromatic N) is 1. The first-order valence-corrected chi connectivity index (χ1v) is 11.4. The second-order valence-electron chi connectivity index (χ2n) is 9.29. The fraction of sp³-hybridized carbons (Fsp3) is 0.464. The minimum absolute atomic E-state index is 0.196. The lowest BCUT2D eigenvalue weighted by Crippen LogP contribution is -2.25. The van der Waals surface area contributed by atoms with Crippen LogP contribution in [0.25, 0.3) is 6.08 Å². The summed E-state index contributed by atoms with van der Waals surface area (Å²) in [5.41, 5.74) is 5.44. The molecule has 0 saturated heterocycles. The van der Waals surface area contributed by atoms with Gasteiger partial charge in [-0.25, -0.2) is 0 Å². The van der Waals surface area contributed by atoms with Crippen LogP contribution in [0.2, 0.25) is 0 Å². The molecular formula is C28H37N. The number of hydrogen-bond acceptors (Lipinski definition) is 1. The van der Waals surface area contributed by atoms with E-state index in [1.165, 1.54) is 54.5 Å². The van der Waals surface area contributed by atoms with Crippen LogP contribution in [0.3, 0.4) is 0 Å². The Balaban J connectivity index is 1.89. The van der Waals surface area contributed by atoms with Gasteiger partial charge < -0.3 is 0 Å². The maximum absolute atomic E-state index is 5.21. The highest BCUT2D eigenvalue weighted by molar-refractivity contribution is 5.73. The lowest BCUT2D eigenvalue weighted by Gasteiger charge is -2.33. The molecule has 1 heteroatoms. The van der Waals surface area contributed by atoms with Crippen LogP contribution in [0.5, 0.6) is 0 Å². The molecule has 0 bridgehead atoms. The van der Waals surface area contributed by atoms with Crippen molar-refractivity contribution < 1.29 is 0 Å². The molecule has 0 atom stereocenters. The van der Waals surface area contributed by atoms with Crippen molar-refractivity contribution >= 4 is 18.0 Å². The van der Waals surface area contributed by atoms with Gasteiger partial charge in [-0.05, 0) is 47.8 Å². The summed E-state index contributed by atoms with van der Waals surface area (Å²) in [5.74, 6) is 0.974. The van der Waals surface area contributed by atoms with Crippen molar-refractivity contribution in [3.63, 3.8) is 0 Å². The average Bonchev–Trinajstić information content (AvgIpc) is 2.73. The molecule has 0 amide bonds. The van der Waals surface area contributed by atoms with E-state index < -0.39 is 0 Å². The normalized spacial score (nSPS) is 17.0. The first-order chi connectivity index (χ1) is 14.0. The van der Waals surface area contributed by atoms with Crippen molar-refractivity contribution in [2.45, 2.75) is 78.1 Å². The largest absolute Gasteiger partial charge is 0.260 e. The van der Waals surface area contributed by atoms with E-state index >= 15 is 0 Å². The van der Waals surface area contributed by atoms with Crippen LogP contribution in [0.1, 0.15) is 94.7 Å². The first kappa shape index (κ1) is 21.6. The number of rotatable bonds is 7. The van der Waals surface area contributed by atoms with E-state index in [1.54, 1.807) is 0 Å². The van der Waals surface area contributed by atoms with Crippen molar-refractivity contribution in [3.05, 3.63) is 71.3 Å². The quantitative estimate of drug-likeness (QED) is 0.421. The molecule has 3 rings (SSSR count). The maximum Gasteiger partial charge on any atom is 0.0695 e. The molecule has 1 nitrogen and oxygen atoms in total. The van der Waals surface area contributed by atoms with Gasteiger partial charge in [0.15, 0.2) is 0 Å². The molecule has 29 heavy (non-hydrogen) atoms. The minimum Gasteiger partial charge on any atom is -0.260 e. The number of allylic oxidation sites excluding steroid dienone is 1. The first-order valence-electron chi connectivity index (χ1n) is 11.4. The predicted octanol–water partition coefficient (Wildman–Crippen LogP) is 8.69. The number of benzene rings is 2. The molecule has 0 heterocycles. The van der Waals surface area contributed by atoms with Gasteiger partial charge in [0.2, 0.25) is 0 Å². The van der Waals surface area contributed by atoms with E-state index in [1.807, 2.05) is 0 Å². The van der Waals surface area contributed by atoms with Gasteiger partial charge in [-0.2, -0.15) is 0 Å². The van der Waals surface area contributed by atoms with Crippen molar-refractivity contribution in [3.8, 4) is 0 Å². The van der Waals surface area contributed by atoms with E-state index in [2.05, 4.69) is 94.6 Å². The Morgan fingerprint density at radius 2 is 1.45 bits per heavy atom. The van der Waals surface area contributed by atoms with Crippen LogP contribution in [-0.4, -0.2) is 6.21 Å². The summed E-state index contributed by atoms with van der Waals surface area (Å²) < 4.78 is 0. The zero-order valence-electron chi connectivity index (χ0n) is 18.7. The number of para-hydroxylation sites is 1. The SMILES string of the molecule is CC(C)c1cccc(C(C)C)c1N=CC1(C/C=C/c2ccccc2)CCCCC1. The van der Waals surface area contributed by atoms with Crippen LogP contribution in [0.15, 0.2) is 59.6 Å². The van der Waals surface area contributed by atoms with Crippen LogP contribution in [0.4, 0.5) is 5.69 Å². The van der Waals surface area contributed by atoms with Gasteiger partial charge >= 0.3 is 0 Å². The van der Waals surface area contributed by atoms with Crippen molar-refractivity contribution in [2.24, 2.45) is 10.4 Å². The molecule has 2 aromatic carbocycles. The molecule has 1 aliphatic carbocycles. The van der Waals surface area contributed by atoms with E-state index in [-0.39, 0.29) is 5.41 Å². The van der Waals surface area contributed by atoms with Crippen molar-refractivity contribution in [1.29, 1.82) is 0 Å². The summed E-state index contributed by atoms with van der Waals surface area (Å²) >= 11 is 0. The summed E-state index contributed by atoms with van der Waals surface area (Å²) in [6.45, 7) is 9.10. The molecular weight excluding hydrogens is 350 g/mol. The van der Waals surface area contributed by atoms with Gasteiger partial charge in [0.05, 0.1) is 5.69 Å². The third kappa shape index (κ3) is 5.69. The summed E-state index contributed by atoms with van der Waals surface area (Å²) in [7, 11) is 0. The monoisotopic (exact) mass is 387 g/mol. The van der Waals surface area contributed by atoms with Crippen LogP contribution < -0.4 is 0 Å². The lowest BCUT2D eigenvalue weighted by atomic mass is 9.72. The van der Waals surface area contributed by atoms with Gasteiger partial charge in [0.25, 0.3) is 0 Å². The van der Waals surface area contributed by atoms with Gasteiger partial charge in [-0.3, -0.25) is 4.99 Å². The third-order valence-corrected chi connectivity index (χ3v) is 6.29. The molecule has 0 spiro atoms. The molecule has 0 unspecified atom stereocenters. The Labute approximate surface area is 178 Å². The Hall–Kier alpha value is -2.15. The average molecular weight is 388 g/mol. The van der Waals surface area contributed by atoms with E-state index in [0.717, 1.165) is 6.42 Å². The molecule has 1 saturated carbocycles. The Kier molecular flexibility index (Phi) is 7.47. The van der Waals surface area contributed by atoms with E-state index in [0.29, 0.717) is 11.8 Å². The maximum atomic E-state index is 5.21. The standard InChI is InChI=1S/C28H37N/c1-22(2)25-16-11-17-26(23(3)4)27(25)29-21-28(18-9-6-10-19-28)20-12-15-24-13-7-5-8-14-24/h5,7-8,11-17,21-23H,6,9-10,18-20H2,1-4H3/b15-12+,29-21?. The molecule has 1 aliphatic rings. The molecule has 0 radical (unpaired) electrons. The van der Waals surface area contributed by atoms with Crippen molar-refractivity contribution in [1.82, 2.24) is 0 Å². The highest BCUT2D eigenvalue weighted by atomic mass is 14.7. The van der Waals surface area contributed by atoms with E-state index in [4.69, 9.17) is 4.99 Å². The van der Waals surface area contributed by atoms with Crippen LogP contribution >= 0.6 is 0 Å². The summed E-state index contributed by atoms with van der Waals surface area (Å²) in [5, 5.41) is 0. The van der Waals surface area contributed by atoms with Crippen LogP contribution in [-0.2, 0) is 0 Å². The Bertz CT molecular complexity index is 794. The van der Waals surface area contributed by atoms with E-state index in [9.17, 15) is 0 Å². The molecule has 0 aliphatic heterocycles. The van der Waals surface area contributed by atoms with Gasteiger partial charge in [0.1, 0.15) is 0 Å². The Morgan fingerprint density at radius 3 is 2.03 bits per heavy atom. The number of hydrogen-bond donors (Lipinski definition) is 0. The predicted molar refractivity (Wildman–Crippen MR) is 128 cm³/mol. The minimum atomic E-state index is 0.196. The second kappa shape index (κ2) is 10.1. The highest BCUT2D eigenvalue weighted by Gasteiger charge is 2.29. The zero-order valence-corrected chi connectivity index (χ0v) is 18.7. The zero-order chi connectivity index (χ0) is 20.7. The topological polar surface area (TPSA) is 12.4 Å². The fourth-order valence-corrected chi connectivity index (χ4v) is 4.50. The Morgan fingerprint density at radius 1 is 0.828 bits per heavy atom. The second-order valence-corrected chi connectivity index (χ2v) is 9.29. The molecule has 1 fully saturated rings. The summed E-state index contributed by atoms with van der Waals surface area (Å²) in [4.78, 5) is 5.21. The third-order valence-electron chi connectivity index (χ3n) is 6.29. The molecule has 154 valence electrons. The highest BCUT2D eigenvalue weighted by Crippen LogP contribution is 2.40. The van der Waals surface area contributed by atoms with Crippen LogP contribution in [0, 0.1) is 5.41 Å². The molecule has 0 N–H and O–H groups in total. The number of aliphatic imine (C=N–C) groups is 1. The smallest absolute Gasteiger partial charge is 0.0695 e. The summed E-state index contributed by atoms with van der Waals surface area (Å²) in [6, 6.07) is 17.3. The molecule has 2 aromatic rings.